The number of hydrogen-bond acceptors (Lipinski definition) is 6. The number of aromatic nitrogens is 2. The van der Waals surface area contributed by atoms with Gasteiger partial charge in [0, 0.05) is 16.6 Å². The molecule has 8 heteroatoms. The summed E-state index contributed by atoms with van der Waals surface area (Å²) in [6.45, 7) is 0. The number of methoxy groups -OCH3 is 1. The minimum atomic E-state index is -1.09. The number of hydrogen-bond donors (Lipinski definition) is 2. The standard InChI is InChI=1S/C20H14ClN3O3S/c1-27-13-5-2-11(3-6-13)15-9-28-19-17(15)18(22-10-23-19)24-12-4-7-16(21)14(8-12)20(25)26/h2-10H,1H3,(H,25,26)(H,22,23,24). The molecule has 0 fully saturated rings. The summed E-state index contributed by atoms with van der Waals surface area (Å²) in [6, 6.07) is 12.5. The van der Waals surface area contributed by atoms with Crippen LogP contribution in [0, 0.1) is 0 Å². The van der Waals surface area contributed by atoms with Crippen molar-refractivity contribution in [1.29, 1.82) is 0 Å². The summed E-state index contributed by atoms with van der Waals surface area (Å²) < 4.78 is 5.22. The lowest BCUT2D eigenvalue weighted by molar-refractivity contribution is 0.0697. The SMILES string of the molecule is COc1ccc(-c2csc3ncnc(Nc4ccc(Cl)c(C(=O)O)c4)c23)cc1. The molecule has 0 saturated carbocycles. The number of ether oxygens (including phenoxy) is 1. The van der Waals surface area contributed by atoms with E-state index < -0.39 is 5.97 Å². The monoisotopic (exact) mass is 411 g/mol. The third-order valence-electron chi connectivity index (χ3n) is 4.23. The van der Waals surface area contributed by atoms with Crippen molar-refractivity contribution in [2.24, 2.45) is 0 Å². The Morgan fingerprint density at radius 3 is 2.68 bits per heavy atom. The molecule has 0 unspecified atom stereocenters. The number of anilines is 2. The minimum absolute atomic E-state index is 0.0256. The Bertz CT molecular complexity index is 1180. The molecule has 140 valence electrons. The Morgan fingerprint density at radius 2 is 1.96 bits per heavy atom. The van der Waals surface area contributed by atoms with E-state index in [2.05, 4.69) is 15.3 Å². The molecule has 4 rings (SSSR count). The van der Waals surface area contributed by atoms with Crippen LogP contribution in [0.15, 0.2) is 54.2 Å². The minimum Gasteiger partial charge on any atom is -0.497 e. The lowest BCUT2D eigenvalue weighted by Gasteiger charge is -2.10. The van der Waals surface area contributed by atoms with E-state index in [0.29, 0.717) is 11.5 Å². The first-order chi connectivity index (χ1) is 13.6. The van der Waals surface area contributed by atoms with E-state index in [-0.39, 0.29) is 10.6 Å². The number of benzene rings is 2. The van der Waals surface area contributed by atoms with Gasteiger partial charge in [-0.1, -0.05) is 23.7 Å². The van der Waals surface area contributed by atoms with Gasteiger partial charge in [-0.05, 0) is 35.9 Å². The molecule has 2 aromatic carbocycles. The molecule has 0 radical (unpaired) electrons. The second kappa shape index (κ2) is 7.46. The van der Waals surface area contributed by atoms with Crippen LogP contribution in [0.4, 0.5) is 11.5 Å². The summed E-state index contributed by atoms with van der Waals surface area (Å²) in [6.07, 6.45) is 1.48. The topological polar surface area (TPSA) is 84.3 Å². The van der Waals surface area contributed by atoms with Crippen LogP contribution in [0.3, 0.4) is 0 Å². The third kappa shape index (κ3) is 3.37. The fraction of sp³-hybridized carbons (Fsp3) is 0.0500. The van der Waals surface area contributed by atoms with Gasteiger partial charge in [0.1, 0.15) is 22.7 Å². The fourth-order valence-electron chi connectivity index (χ4n) is 2.86. The Hall–Kier alpha value is -3.16. The summed E-state index contributed by atoms with van der Waals surface area (Å²) in [4.78, 5) is 20.9. The lowest BCUT2D eigenvalue weighted by Crippen LogP contribution is -2.00. The zero-order valence-corrected chi connectivity index (χ0v) is 16.2. The van der Waals surface area contributed by atoms with Gasteiger partial charge in [0.2, 0.25) is 0 Å². The van der Waals surface area contributed by atoms with Gasteiger partial charge < -0.3 is 15.2 Å². The molecule has 0 bridgehead atoms. The van der Waals surface area contributed by atoms with Crippen LogP contribution in [0.25, 0.3) is 21.3 Å². The summed E-state index contributed by atoms with van der Waals surface area (Å²) in [5, 5.41) is 15.6. The van der Waals surface area contributed by atoms with Crippen molar-refractivity contribution < 1.29 is 14.6 Å². The number of fused-ring (bicyclic) bond motifs is 1. The summed E-state index contributed by atoms with van der Waals surface area (Å²) >= 11 is 7.48. The van der Waals surface area contributed by atoms with E-state index in [0.717, 1.165) is 27.1 Å². The maximum absolute atomic E-state index is 11.3. The maximum Gasteiger partial charge on any atom is 0.337 e. The normalized spacial score (nSPS) is 10.8. The molecule has 28 heavy (non-hydrogen) atoms. The molecule has 0 aliphatic rings. The second-order valence-electron chi connectivity index (χ2n) is 5.91. The van der Waals surface area contributed by atoms with Gasteiger partial charge in [-0.2, -0.15) is 0 Å². The van der Waals surface area contributed by atoms with Crippen LogP contribution in [0.5, 0.6) is 5.75 Å². The average Bonchev–Trinajstić information content (AvgIpc) is 3.14. The van der Waals surface area contributed by atoms with Crippen molar-refractivity contribution in [2.45, 2.75) is 0 Å². The highest BCUT2D eigenvalue weighted by Crippen LogP contribution is 2.38. The first-order valence-electron chi connectivity index (χ1n) is 8.23. The zero-order valence-electron chi connectivity index (χ0n) is 14.6. The molecule has 0 amide bonds. The van der Waals surface area contributed by atoms with Crippen molar-refractivity contribution in [2.75, 3.05) is 12.4 Å². The Kier molecular flexibility index (Phi) is 4.85. The highest BCUT2D eigenvalue weighted by atomic mass is 35.5. The number of thiophene rings is 1. The second-order valence-corrected chi connectivity index (χ2v) is 7.17. The lowest BCUT2D eigenvalue weighted by atomic mass is 10.1. The molecule has 6 nitrogen and oxygen atoms in total. The van der Waals surface area contributed by atoms with E-state index >= 15 is 0 Å². The average molecular weight is 412 g/mol. The molecule has 0 saturated heterocycles. The molecular formula is C20H14ClN3O3S. The van der Waals surface area contributed by atoms with E-state index in [1.807, 2.05) is 29.6 Å². The van der Waals surface area contributed by atoms with Crippen LogP contribution in [-0.4, -0.2) is 28.2 Å². The van der Waals surface area contributed by atoms with Gasteiger partial charge in [0.15, 0.2) is 0 Å². The van der Waals surface area contributed by atoms with Gasteiger partial charge >= 0.3 is 5.97 Å². The number of carbonyl (C=O) groups is 1. The number of nitrogens with zero attached hydrogens (tertiary/aromatic N) is 2. The highest BCUT2D eigenvalue weighted by Gasteiger charge is 2.15. The van der Waals surface area contributed by atoms with E-state index in [1.165, 1.54) is 23.7 Å². The predicted molar refractivity (Wildman–Crippen MR) is 111 cm³/mol. The van der Waals surface area contributed by atoms with E-state index in [9.17, 15) is 9.90 Å². The van der Waals surface area contributed by atoms with Crippen LogP contribution in [-0.2, 0) is 0 Å². The summed E-state index contributed by atoms with van der Waals surface area (Å²) in [7, 11) is 1.63. The number of halogens is 1. The smallest absolute Gasteiger partial charge is 0.337 e. The van der Waals surface area contributed by atoms with Gasteiger partial charge in [0.25, 0.3) is 0 Å². The number of carboxylic acids is 1. The quantitative estimate of drug-likeness (QED) is 0.453. The number of aromatic carboxylic acids is 1. The molecule has 0 atom stereocenters. The molecule has 2 N–H and O–H groups in total. The fourth-order valence-corrected chi connectivity index (χ4v) is 3.97. The predicted octanol–water partition coefficient (Wildman–Crippen LogP) is 5.46. The van der Waals surface area contributed by atoms with E-state index in [1.54, 1.807) is 19.2 Å². The number of rotatable bonds is 5. The Labute approximate surface area is 169 Å². The number of carboxylic acid groups (broad SMARTS) is 1. The van der Waals surface area contributed by atoms with Gasteiger partial charge in [-0.3, -0.25) is 0 Å². The zero-order chi connectivity index (χ0) is 19.7. The van der Waals surface area contributed by atoms with Crippen molar-refractivity contribution in [3.63, 3.8) is 0 Å². The largest absolute Gasteiger partial charge is 0.497 e. The Morgan fingerprint density at radius 1 is 1.18 bits per heavy atom. The molecule has 4 aromatic rings. The highest BCUT2D eigenvalue weighted by molar-refractivity contribution is 7.17. The van der Waals surface area contributed by atoms with Crippen LogP contribution >= 0.6 is 22.9 Å². The van der Waals surface area contributed by atoms with Gasteiger partial charge in [-0.15, -0.1) is 11.3 Å². The van der Waals surface area contributed by atoms with Crippen LogP contribution < -0.4 is 10.1 Å². The van der Waals surface area contributed by atoms with Crippen LogP contribution in [0.2, 0.25) is 5.02 Å². The van der Waals surface area contributed by atoms with Gasteiger partial charge in [0.05, 0.1) is 23.1 Å². The Balaban J connectivity index is 1.79. The molecule has 0 aliphatic heterocycles. The van der Waals surface area contributed by atoms with Gasteiger partial charge in [-0.25, -0.2) is 14.8 Å². The molecule has 0 aliphatic carbocycles. The van der Waals surface area contributed by atoms with Crippen molar-refractivity contribution in [1.82, 2.24) is 9.97 Å². The van der Waals surface area contributed by atoms with Crippen molar-refractivity contribution in [3.8, 4) is 16.9 Å². The first kappa shape index (κ1) is 18.2. The molecular weight excluding hydrogens is 398 g/mol. The molecule has 2 aromatic heterocycles. The van der Waals surface area contributed by atoms with Crippen molar-refractivity contribution in [3.05, 3.63) is 64.8 Å². The summed E-state index contributed by atoms with van der Waals surface area (Å²) in [5.74, 6) is 0.284. The third-order valence-corrected chi connectivity index (χ3v) is 5.45. The maximum atomic E-state index is 11.3. The first-order valence-corrected chi connectivity index (χ1v) is 9.49. The van der Waals surface area contributed by atoms with Crippen LogP contribution in [0.1, 0.15) is 10.4 Å². The number of nitrogens with one attached hydrogen (secondary N) is 1. The van der Waals surface area contributed by atoms with Crippen molar-refractivity contribution >= 4 is 50.6 Å². The summed E-state index contributed by atoms with van der Waals surface area (Å²) in [5.41, 5.74) is 2.59. The van der Waals surface area contributed by atoms with E-state index in [4.69, 9.17) is 16.3 Å². The molecule has 2 heterocycles. The molecule has 0 spiro atoms.